The van der Waals surface area contributed by atoms with E-state index in [4.69, 9.17) is 0 Å². The van der Waals surface area contributed by atoms with Crippen molar-refractivity contribution in [3.63, 3.8) is 0 Å². The summed E-state index contributed by atoms with van der Waals surface area (Å²) in [5.41, 5.74) is 21.3. The minimum absolute atomic E-state index is 0.535. The van der Waals surface area contributed by atoms with Gasteiger partial charge in [0, 0.05) is 34.1 Å². The molecule has 300 valence electrons. The molecule has 0 saturated heterocycles. The Kier molecular flexibility index (Phi) is 8.07. The van der Waals surface area contributed by atoms with E-state index in [2.05, 4.69) is 265 Å². The van der Waals surface area contributed by atoms with E-state index in [1.165, 1.54) is 66.8 Å². The van der Waals surface area contributed by atoms with E-state index in [0.29, 0.717) is 0 Å². The van der Waals surface area contributed by atoms with E-state index in [9.17, 15) is 0 Å². The zero-order valence-electron chi connectivity index (χ0n) is 35.1. The second-order valence-electron chi connectivity index (χ2n) is 17.2. The molecule has 10 aromatic rings. The summed E-state index contributed by atoms with van der Waals surface area (Å²) in [4.78, 5) is 4.76. The van der Waals surface area contributed by atoms with Crippen LogP contribution < -0.4 is 9.80 Å². The van der Waals surface area contributed by atoms with Crippen molar-refractivity contribution in [2.24, 2.45) is 0 Å². The van der Waals surface area contributed by atoms with Crippen molar-refractivity contribution in [1.82, 2.24) is 0 Å². The third kappa shape index (κ3) is 4.97. The van der Waals surface area contributed by atoms with Crippen LogP contribution in [0.5, 0.6) is 0 Å². The van der Waals surface area contributed by atoms with E-state index >= 15 is 0 Å². The summed E-state index contributed by atoms with van der Waals surface area (Å²) >= 11 is 0. The number of fused-ring (bicyclic) bond motifs is 16. The highest BCUT2D eigenvalue weighted by atomic mass is 15.2. The Hall–Kier alpha value is -8.20. The lowest BCUT2D eigenvalue weighted by molar-refractivity contribution is 0.633. The first-order valence-electron chi connectivity index (χ1n) is 22.3. The van der Waals surface area contributed by atoms with Crippen LogP contribution in [0.3, 0.4) is 0 Å². The summed E-state index contributed by atoms with van der Waals surface area (Å²) in [6.07, 6.45) is 0. The molecule has 64 heavy (non-hydrogen) atoms. The monoisotopic (exact) mass is 814 g/mol. The van der Waals surface area contributed by atoms with Gasteiger partial charge in [-0.2, -0.15) is 0 Å². The Balaban J connectivity index is 1.09. The molecule has 0 amide bonds. The van der Waals surface area contributed by atoms with Gasteiger partial charge in [-0.25, -0.2) is 0 Å². The SMILES string of the molecule is c1ccc(N(c2ccccc2)c2ccc(N(c3ccccc3)c3ccc4c(c3)C3(c5ccccc5-c5ccccc53)c3ccccc3C43c4ccccc4-c4ccccc43)cc2)cc1. The van der Waals surface area contributed by atoms with Crippen molar-refractivity contribution in [2.75, 3.05) is 9.80 Å². The number of hydrogen-bond acceptors (Lipinski definition) is 2. The Morgan fingerprint density at radius 2 is 0.438 bits per heavy atom. The predicted octanol–water partition coefficient (Wildman–Crippen LogP) is 15.7. The molecule has 2 spiro atoms. The van der Waals surface area contributed by atoms with Crippen LogP contribution in [0.15, 0.2) is 255 Å². The molecule has 3 aliphatic rings. The van der Waals surface area contributed by atoms with Crippen LogP contribution in [0.1, 0.15) is 44.5 Å². The molecule has 0 fully saturated rings. The molecule has 0 aromatic heterocycles. The Morgan fingerprint density at radius 3 is 0.812 bits per heavy atom. The molecule has 2 nitrogen and oxygen atoms in total. The van der Waals surface area contributed by atoms with Crippen molar-refractivity contribution < 1.29 is 0 Å². The van der Waals surface area contributed by atoms with Crippen molar-refractivity contribution in [3.8, 4) is 22.3 Å². The van der Waals surface area contributed by atoms with Crippen LogP contribution >= 0.6 is 0 Å². The van der Waals surface area contributed by atoms with Gasteiger partial charge in [0.05, 0.1) is 10.8 Å². The second kappa shape index (κ2) is 14.2. The molecular formula is C62H42N2. The number of nitrogens with zero attached hydrogens (tertiary/aromatic N) is 2. The van der Waals surface area contributed by atoms with Gasteiger partial charge in [-0.3, -0.25) is 0 Å². The molecule has 0 radical (unpaired) electrons. The zero-order valence-corrected chi connectivity index (χ0v) is 35.1. The van der Waals surface area contributed by atoms with Gasteiger partial charge in [0.2, 0.25) is 0 Å². The molecule has 13 rings (SSSR count). The Labute approximate surface area is 374 Å². The fourth-order valence-electron chi connectivity index (χ4n) is 11.7. The summed E-state index contributed by atoms with van der Waals surface area (Å²) in [6, 6.07) is 94.4. The molecule has 0 saturated carbocycles. The highest BCUT2D eigenvalue weighted by Gasteiger charge is 2.59. The summed E-state index contributed by atoms with van der Waals surface area (Å²) in [6.45, 7) is 0. The first kappa shape index (κ1) is 36.5. The van der Waals surface area contributed by atoms with Gasteiger partial charge in [0.15, 0.2) is 0 Å². The summed E-state index contributed by atoms with van der Waals surface area (Å²) in [7, 11) is 0. The third-order valence-corrected chi connectivity index (χ3v) is 14.1. The molecule has 0 bridgehead atoms. The van der Waals surface area contributed by atoms with Gasteiger partial charge in [-0.1, -0.05) is 182 Å². The summed E-state index contributed by atoms with van der Waals surface area (Å²) in [5, 5.41) is 0. The van der Waals surface area contributed by atoms with E-state index in [-0.39, 0.29) is 0 Å². The molecule has 0 unspecified atom stereocenters. The average molecular weight is 815 g/mol. The van der Waals surface area contributed by atoms with Gasteiger partial charge < -0.3 is 9.80 Å². The summed E-state index contributed by atoms with van der Waals surface area (Å²) in [5.74, 6) is 0. The molecule has 3 aliphatic carbocycles. The van der Waals surface area contributed by atoms with E-state index in [1.807, 2.05) is 0 Å². The number of anilines is 6. The maximum Gasteiger partial charge on any atom is 0.0720 e. The van der Waals surface area contributed by atoms with E-state index in [1.54, 1.807) is 0 Å². The minimum atomic E-state index is -0.578. The van der Waals surface area contributed by atoms with Crippen LogP contribution in [0.4, 0.5) is 34.1 Å². The number of rotatable bonds is 6. The Bertz CT molecular complexity index is 3260. The van der Waals surface area contributed by atoms with Crippen LogP contribution in [0.2, 0.25) is 0 Å². The number of benzene rings is 10. The number of hydrogen-bond donors (Lipinski definition) is 0. The van der Waals surface area contributed by atoms with Gasteiger partial charge >= 0.3 is 0 Å². The zero-order chi connectivity index (χ0) is 42.2. The maximum atomic E-state index is 2.54. The summed E-state index contributed by atoms with van der Waals surface area (Å²) < 4.78 is 0. The van der Waals surface area contributed by atoms with Crippen molar-refractivity contribution in [3.05, 3.63) is 299 Å². The normalized spacial score (nSPS) is 13.9. The van der Waals surface area contributed by atoms with Crippen LogP contribution in [-0.4, -0.2) is 0 Å². The van der Waals surface area contributed by atoms with E-state index in [0.717, 1.165) is 34.1 Å². The highest BCUT2D eigenvalue weighted by Crippen LogP contribution is 2.67. The standard InChI is InChI=1S/C62H42N2/c1-4-20-43(21-5-1)63(44-22-6-2-7-23-44)46-36-38-47(39-37-46)64(45-24-8-3-9-25-45)48-40-41-59-60(42-48)62(55-32-16-12-28-51(55)52-29-13-17-33-56(52)62)58-35-19-18-34-57(58)61(59)53-30-14-10-26-49(53)50-27-11-15-31-54(50)61/h1-42H. The third-order valence-electron chi connectivity index (χ3n) is 14.1. The first-order valence-corrected chi connectivity index (χ1v) is 22.3. The predicted molar refractivity (Wildman–Crippen MR) is 264 cm³/mol. The van der Waals surface area contributed by atoms with Gasteiger partial charge in [0.1, 0.15) is 0 Å². The minimum Gasteiger partial charge on any atom is -0.311 e. The maximum absolute atomic E-state index is 2.54. The lowest BCUT2D eigenvalue weighted by Gasteiger charge is -2.49. The largest absolute Gasteiger partial charge is 0.311 e. The topological polar surface area (TPSA) is 6.48 Å². The second-order valence-corrected chi connectivity index (χ2v) is 17.2. The molecular weight excluding hydrogens is 773 g/mol. The lowest BCUT2D eigenvalue weighted by atomic mass is 9.52. The van der Waals surface area contributed by atoms with E-state index < -0.39 is 10.8 Å². The van der Waals surface area contributed by atoms with Crippen molar-refractivity contribution in [2.45, 2.75) is 10.8 Å². The fraction of sp³-hybridized carbons (Fsp3) is 0.0323. The van der Waals surface area contributed by atoms with Crippen molar-refractivity contribution in [1.29, 1.82) is 0 Å². The lowest BCUT2D eigenvalue weighted by Crippen LogP contribution is -2.43. The molecule has 0 aliphatic heterocycles. The van der Waals surface area contributed by atoms with Crippen molar-refractivity contribution >= 4 is 34.1 Å². The van der Waals surface area contributed by atoms with Gasteiger partial charge in [-0.05, 0) is 140 Å². The molecule has 0 heterocycles. The van der Waals surface area contributed by atoms with Gasteiger partial charge in [-0.15, -0.1) is 0 Å². The fourth-order valence-corrected chi connectivity index (χ4v) is 11.7. The number of para-hydroxylation sites is 3. The Morgan fingerprint density at radius 1 is 0.188 bits per heavy atom. The molecule has 2 heteroatoms. The van der Waals surface area contributed by atoms with Gasteiger partial charge in [0.25, 0.3) is 0 Å². The molecule has 0 N–H and O–H groups in total. The quantitative estimate of drug-likeness (QED) is 0.165. The van der Waals surface area contributed by atoms with Crippen LogP contribution in [-0.2, 0) is 10.8 Å². The van der Waals surface area contributed by atoms with Crippen LogP contribution in [0, 0.1) is 0 Å². The van der Waals surface area contributed by atoms with Crippen LogP contribution in [0.25, 0.3) is 22.3 Å². The average Bonchev–Trinajstić information content (AvgIpc) is 3.83. The molecule has 0 atom stereocenters. The first-order chi connectivity index (χ1) is 31.8. The smallest absolute Gasteiger partial charge is 0.0720 e. The molecule has 10 aromatic carbocycles. The highest BCUT2D eigenvalue weighted by molar-refractivity contribution is 5.94.